The van der Waals surface area contributed by atoms with E-state index in [1.807, 2.05) is 24.3 Å². The maximum absolute atomic E-state index is 9.79. The second-order valence-electron chi connectivity index (χ2n) is 13.5. The van der Waals surface area contributed by atoms with Gasteiger partial charge in [-0.05, 0) is 106 Å². The summed E-state index contributed by atoms with van der Waals surface area (Å²) in [4.78, 5) is 8.63. The van der Waals surface area contributed by atoms with Crippen molar-refractivity contribution in [1.29, 1.82) is 5.26 Å². The fraction of sp³-hybridized carbons (Fsp3) is 0.415. The Balaban J connectivity index is 1.27. The Hall–Kier alpha value is -4.17. The molecule has 10 heteroatoms. The smallest absolute Gasteiger partial charge is 0.142 e. The van der Waals surface area contributed by atoms with Crippen LogP contribution < -0.4 is 19.5 Å². The number of β-amino-alcohol motifs (C(OH)–C–C–N with tert-alkyl or cyclic N) is 1. The van der Waals surface area contributed by atoms with Crippen LogP contribution in [-0.2, 0) is 19.8 Å². The Bertz CT molecular complexity index is 1790. The maximum Gasteiger partial charge on any atom is 0.142 e. The molecule has 0 radical (unpaired) electrons. The molecular formula is C41H50ClN5O4. The lowest BCUT2D eigenvalue weighted by Crippen LogP contribution is -2.24. The predicted molar refractivity (Wildman–Crippen MR) is 202 cm³/mol. The van der Waals surface area contributed by atoms with Gasteiger partial charge in [0.2, 0.25) is 0 Å². The standard InChI is InChI=1S/C41H50ClN5O4/c1-29-33(9-5-10-36(29)37-11-6-12-39(30(37)2)49-18-8-16-47-17-13-35(48)26-47)28-51-41-21-40(50-27-32-19-31(22-43)23-45-24-32)34(20-38(41)42)25-44-14-7-15-46(3)4/h5-6,9-12,19-21,23-24,35,44,48H,7-8,13-18,25-28H2,1-4H3. The van der Waals surface area contributed by atoms with E-state index in [-0.39, 0.29) is 12.7 Å². The zero-order valence-corrected chi connectivity index (χ0v) is 31.0. The van der Waals surface area contributed by atoms with Crippen LogP contribution in [0.4, 0.5) is 0 Å². The fourth-order valence-corrected chi connectivity index (χ4v) is 6.57. The number of nitriles is 1. The average Bonchev–Trinajstić information content (AvgIpc) is 3.54. The van der Waals surface area contributed by atoms with E-state index in [1.165, 1.54) is 6.20 Å². The van der Waals surface area contributed by atoms with Crippen molar-refractivity contribution in [2.45, 2.75) is 59.0 Å². The van der Waals surface area contributed by atoms with Crippen LogP contribution in [0.3, 0.4) is 0 Å². The Kier molecular flexibility index (Phi) is 14.1. The number of pyridine rings is 1. The zero-order valence-electron chi connectivity index (χ0n) is 30.3. The van der Waals surface area contributed by atoms with Crippen LogP contribution in [0.25, 0.3) is 11.1 Å². The summed E-state index contributed by atoms with van der Waals surface area (Å²) in [5.41, 5.74) is 7.74. The summed E-state index contributed by atoms with van der Waals surface area (Å²) >= 11 is 6.82. The lowest BCUT2D eigenvalue weighted by atomic mass is 9.93. The molecule has 0 bridgehead atoms. The summed E-state index contributed by atoms with van der Waals surface area (Å²) < 4.78 is 18.9. The van der Waals surface area contributed by atoms with E-state index < -0.39 is 0 Å². The Morgan fingerprint density at radius 2 is 1.73 bits per heavy atom. The molecule has 1 aliphatic rings. The number of hydrogen-bond donors (Lipinski definition) is 2. The molecule has 51 heavy (non-hydrogen) atoms. The number of nitrogens with one attached hydrogen (secondary N) is 1. The van der Waals surface area contributed by atoms with Crippen LogP contribution in [-0.4, -0.2) is 79.4 Å². The third kappa shape index (κ3) is 10.9. The number of likely N-dealkylation sites (tertiary alicyclic amines) is 1. The second-order valence-corrected chi connectivity index (χ2v) is 13.9. The summed E-state index contributed by atoms with van der Waals surface area (Å²) in [6.07, 6.45) is 5.83. The molecule has 2 heterocycles. The van der Waals surface area contributed by atoms with Crippen LogP contribution in [0.1, 0.15) is 52.6 Å². The third-order valence-electron chi connectivity index (χ3n) is 9.23. The highest BCUT2D eigenvalue weighted by atomic mass is 35.5. The largest absolute Gasteiger partial charge is 0.493 e. The van der Waals surface area contributed by atoms with Crippen LogP contribution in [0.2, 0.25) is 5.02 Å². The van der Waals surface area contributed by atoms with Crippen molar-refractivity contribution in [3.05, 3.63) is 105 Å². The highest BCUT2D eigenvalue weighted by molar-refractivity contribution is 6.32. The summed E-state index contributed by atoms with van der Waals surface area (Å²) in [6.45, 7) is 10.5. The van der Waals surface area contributed by atoms with Gasteiger partial charge in [-0.25, -0.2) is 0 Å². The van der Waals surface area contributed by atoms with E-state index in [2.05, 4.69) is 78.4 Å². The van der Waals surface area contributed by atoms with E-state index in [0.29, 0.717) is 41.8 Å². The highest BCUT2D eigenvalue weighted by Crippen LogP contribution is 2.36. The van der Waals surface area contributed by atoms with Crippen molar-refractivity contribution in [2.24, 2.45) is 0 Å². The van der Waals surface area contributed by atoms with E-state index >= 15 is 0 Å². The molecule has 5 rings (SSSR count). The van der Waals surface area contributed by atoms with Gasteiger partial charge < -0.3 is 34.4 Å². The predicted octanol–water partition coefficient (Wildman–Crippen LogP) is 6.93. The van der Waals surface area contributed by atoms with Crippen LogP contribution >= 0.6 is 11.6 Å². The second kappa shape index (κ2) is 18.9. The van der Waals surface area contributed by atoms with E-state index in [1.54, 1.807) is 12.3 Å². The van der Waals surface area contributed by atoms with Crippen molar-refractivity contribution in [3.63, 3.8) is 0 Å². The number of hydrogen-bond acceptors (Lipinski definition) is 9. The molecule has 2 N–H and O–H groups in total. The van der Waals surface area contributed by atoms with Gasteiger partial charge >= 0.3 is 0 Å². The molecule has 1 aliphatic heterocycles. The Labute approximate surface area is 307 Å². The molecule has 0 amide bonds. The molecular weight excluding hydrogens is 662 g/mol. The molecule has 3 aromatic carbocycles. The topological polar surface area (TPSA) is 103 Å². The molecule has 1 atom stereocenters. The van der Waals surface area contributed by atoms with Gasteiger partial charge in [0.1, 0.15) is 36.5 Å². The van der Waals surface area contributed by atoms with Crippen LogP contribution in [0.5, 0.6) is 17.2 Å². The highest BCUT2D eigenvalue weighted by Gasteiger charge is 2.20. The maximum atomic E-state index is 9.79. The van der Waals surface area contributed by atoms with Gasteiger partial charge in [0.25, 0.3) is 0 Å². The Morgan fingerprint density at radius 3 is 2.49 bits per heavy atom. The summed E-state index contributed by atoms with van der Waals surface area (Å²) in [5, 5.41) is 23.1. The van der Waals surface area contributed by atoms with Gasteiger partial charge in [0.15, 0.2) is 0 Å². The van der Waals surface area contributed by atoms with E-state index in [9.17, 15) is 10.4 Å². The van der Waals surface area contributed by atoms with Gasteiger partial charge in [-0.2, -0.15) is 5.26 Å². The summed E-state index contributed by atoms with van der Waals surface area (Å²) in [5.74, 6) is 2.08. The first kappa shape index (κ1) is 38.1. The average molecular weight is 712 g/mol. The number of ether oxygens (including phenoxy) is 3. The molecule has 0 aliphatic carbocycles. The molecule has 4 aromatic rings. The van der Waals surface area contributed by atoms with Crippen molar-refractivity contribution in [2.75, 3.05) is 53.4 Å². The van der Waals surface area contributed by atoms with Gasteiger partial charge in [-0.3, -0.25) is 4.98 Å². The molecule has 1 saturated heterocycles. The van der Waals surface area contributed by atoms with Gasteiger partial charge in [-0.15, -0.1) is 0 Å². The summed E-state index contributed by atoms with van der Waals surface area (Å²) in [7, 11) is 4.14. The monoisotopic (exact) mass is 711 g/mol. The van der Waals surface area contributed by atoms with Crippen LogP contribution in [0.15, 0.2) is 67.0 Å². The molecule has 0 spiro atoms. The number of aromatic nitrogens is 1. The number of aliphatic hydroxyl groups is 1. The summed E-state index contributed by atoms with van der Waals surface area (Å²) in [6, 6.07) is 20.2. The molecule has 0 saturated carbocycles. The molecule has 1 fully saturated rings. The SMILES string of the molecule is Cc1c(COc2cc(OCc3cncc(C#N)c3)c(CNCCCN(C)C)cc2Cl)cccc1-c1cccc(OCCCN2CCC(O)C2)c1C. The van der Waals surface area contributed by atoms with Crippen molar-refractivity contribution < 1.29 is 19.3 Å². The first-order valence-corrected chi connectivity index (χ1v) is 18.1. The van der Waals surface area contributed by atoms with Crippen molar-refractivity contribution in [1.82, 2.24) is 20.1 Å². The van der Waals surface area contributed by atoms with E-state index in [4.69, 9.17) is 25.8 Å². The minimum atomic E-state index is -0.197. The molecule has 1 aromatic heterocycles. The lowest BCUT2D eigenvalue weighted by Gasteiger charge is -2.19. The van der Waals surface area contributed by atoms with Gasteiger partial charge in [0, 0.05) is 55.8 Å². The number of aliphatic hydroxyl groups excluding tert-OH is 1. The first-order chi connectivity index (χ1) is 24.7. The molecule has 270 valence electrons. The lowest BCUT2D eigenvalue weighted by molar-refractivity contribution is 0.173. The number of rotatable bonds is 18. The Morgan fingerprint density at radius 1 is 0.941 bits per heavy atom. The van der Waals surface area contributed by atoms with E-state index in [0.717, 1.165) is 96.7 Å². The quantitative estimate of drug-likeness (QED) is 0.106. The minimum absolute atomic E-state index is 0.197. The van der Waals surface area contributed by atoms with Crippen LogP contribution in [0, 0.1) is 25.2 Å². The van der Waals surface area contributed by atoms with Crippen molar-refractivity contribution >= 4 is 11.6 Å². The molecule has 1 unspecified atom stereocenters. The number of halogens is 1. The third-order valence-corrected chi connectivity index (χ3v) is 9.53. The number of benzene rings is 3. The zero-order chi connectivity index (χ0) is 36.2. The normalized spacial score (nSPS) is 14.5. The van der Waals surface area contributed by atoms with Crippen molar-refractivity contribution in [3.8, 4) is 34.4 Å². The van der Waals surface area contributed by atoms with Gasteiger partial charge in [0.05, 0.1) is 23.3 Å². The minimum Gasteiger partial charge on any atom is -0.493 e. The van der Waals surface area contributed by atoms with Gasteiger partial charge in [-0.1, -0.05) is 41.9 Å². The fourth-order valence-electron chi connectivity index (χ4n) is 6.33. The molecule has 9 nitrogen and oxygen atoms in total. The first-order valence-electron chi connectivity index (χ1n) is 17.7. The number of nitrogens with zero attached hydrogens (tertiary/aromatic N) is 4.